The number of hydrogen-bond donors (Lipinski definition) is 3. The monoisotopic (exact) mass is 396 g/mol. The molecule has 3 atom stereocenters. The predicted molar refractivity (Wildman–Crippen MR) is 101 cm³/mol. The third-order valence-electron chi connectivity index (χ3n) is 3.93. The summed E-state index contributed by atoms with van der Waals surface area (Å²) in [5, 5.41) is 26.4. The zero-order chi connectivity index (χ0) is 17.9. The summed E-state index contributed by atoms with van der Waals surface area (Å²) >= 11 is 19.4. The van der Waals surface area contributed by atoms with E-state index in [4.69, 9.17) is 50.1 Å². The van der Waals surface area contributed by atoms with Crippen molar-refractivity contribution in [1.82, 2.24) is 0 Å². The largest absolute Gasteiger partial charge is 0.396 e. The highest BCUT2D eigenvalue weighted by molar-refractivity contribution is 6.22. The van der Waals surface area contributed by atoms with Crippen molar-refractivity contribution in [3.8, 4) is 0 Å². The van der Waals surface area contributed by atoms with Crippen LogP contribution in [-0.2, 0) is 0 Å². The summed E-state index contributed by atoms with van der Waals surface area (Å²) in [4.78, 5) is 0. The number of aliphatic hydroxyl groups excluding tert-OH is 3. The van der Waals surface area contributed by atoms with Gasteiger partial charge in [-0.15, -0.1) is 34.8 Å². The first-order valence-corrected chi connectivity index (χ1v) is 9.74. The van der Waals surface area contributed by atoms with E-state index in [1.165, 1.54) is 0 Å². The highest BCUT2D eigenvalue weighted by Crippen LogP contribution is 2.36. The molecule has 24 heavy (non-hydrogen) atoms. The highest BCUT2D eigenvalue weighted by atomic mass is 35.5. The Bertz CT molecular complexity index is 392. The fourth-order valence-corrected chi connectivity index (χ4v) is 3.40. The summed E-state index contributed by atoms with van der Waals surface area (Å²) in [6.07, 6.45) is 3.93. The zero-order valence-electron chi connectivity index (χ0n) is 13.8. The van der Waals surface area contributed by atoms with Crippen LogP contribution in [0.3, 0.4) is 0 Å². The molecule has 3 nitrogen and oxygen atoms in total. The maximum Gasteiger partial charge on any atom is 0.0586 e. The maximum atomic E-state index is 8.99. The van der Waals surface area contributed by atoms with Gasteiger partial charge in [0.15, 0.2) is 0 Å². The standard InChI is InChI=1S/C18H27Cl3O3/c19-16(4-1-7-22)13-10-14(17(20)5-2-8-23)12-15(11-13)18(21)6-3-9-24/h10-12,16-18,22-24H,1-9H2. The number of alkyl halides is 3. The lowest BCUT2D eigenvalue weighted by atomic mass is 9.95. The first-order valence-electron chi connectivity index (χ1n) is 8.43. The summed E-state index contributed by atoms with van der Waals surface area (Å²) in [5.41, 5.74) is 2.84. The van der Waals surface area contributed by atoms with Crippen molar-refractivity contribution in [1.29, 1.82) is 0 Å². The normalized spacial score (nSPS) is 15.2. The Kier molecular flexibility index (Phi) is 11.3. The highest BCUT2D eigenvalue weighted by Gasteiger charge is 2.17. The predicted octanol–water partition coefficient (Wildman–Crippen LogP) is 4.84. The van der Waals surface area contributed by atoms with Gasteiger partial charge in [-0.2, -0.15) is 0 Å². The molecule has 3 N–H and O–H groups in total. The second-order valence-corrected chi connectivity index (χ2v) is 7.51. The Hall–Kier alpha value is -0.0300. The molecule has 0 aliphatic carbocycles. The molecule has 1 aromatic carbocycles. The molecule has 0 saturated carbocycles. The molecule has 0 aliphatic rings. The van der Waals surface area contributed by atoms with E-state index in [-0.39, 0.29) is 36.0 Å². The lowest BCUT2D eigenvalue weighted by molar-refractivity contribution is 0.284. The van der Waals surface area contributed by atoms with E-state index >= 15 is 0 Å². The number of aliphatic hydroxyl groups is 3. The summed E-state index contributed by atoms with van der Waals surface area (Å²) in [7, 11) is 0. The Morgan fingerprint density at radius 2 is 0.833 bits per heavy atom. The molecule has 0 saturated heterocycles. The van der Waals surface area contributed by atoms with Gasteiger partial charge in [0.2, 0.25) is 0 Å². The van der Waals surface area contributed by atoms with Gasteiger partial charge >= 0.3 is 0 Å². The molecule has 0 spiro atoms. The molecule has 0 aromatic heterocycles. The van der Waals surface area contributed by atoms with Gasteiger partial charge in [0.25, 0.3) is 0 Å². The molecule has 1 aromatic rings. The van der Waals surface area contributed by atoms with Crippen molar-refractivity contribution in [2.45, 2.75) is 54.7 Å². The van der Waals surface area contributed by atoms with Crippen LogP contribution < -0.4 is 0 Å². The number of halogens is 3. The van der Waals surface area contributed by atoms with Crippen molar-refractivity contribution in [3.63, 3.8) is 0 Å². The molecule has 0 bridgehead atoms. The van der Waals surface area contributed by atoms with Crippen LogP contribution in [0.1, 0.15) is 71.3 Å². The summed E-state index contributed by atoms with van der Waals surface area (Å²) < 4.78 is 0. The van der Waals surface area contributed by atoms with Gasteiger partial charge in [0.05, 0.1) is 16.1 Å². The van der Waals surface area contributed by atoms with Gasteiger partial charge in [-0.25, -0.2) is 0 Å². The average Bonchev–Trinajstić information content (AvgIpc) is 2.61. The van der Waals surface area contributed by atoms with E-state index in [2.05, 4.69) is 0 Å². The molecular weight excluding hydrogens is 371 g/mol. The van der Waals surface area contributed by atoms with Crippen molar-refractivity contribution in [3.05, 3.63) is 34.9 Å². The van der Waals surface area contributed by atoms with E-state index in [9.17, 15) is 0 Å². The lowest BCUT2D eigenvalue weighted by Gasteiger charge is -2.19. The van der Waals surface area contributed by atoms with Gasteiger partial charge < -0.3 is 15.3 Å². The smallest absolute Gasteiger partial charge is 0.0586 e. The van der Waals surface area contributed by atoms with Crippen LogP contribution in [0.15, 0.2) is 18.2 Å². The number of hydrogen-bond acceptors (Lipinski definition) is 3. The SMILES string of the molecule is OCCCC(Cl)c1cc(C(Cl)CCCO)cc(C(Cl)CCCO)c1. The molecule has 1 rings (SSSR count). The van der Waals surface area contributed by atoms with E-state index < -0.39 is 0 Å². The van der Waals surface area contributed by atoms with Crippen molar-refractivity contribution in [2.75, 3.05) is 19.8 Å². The molecule has 3 unspecified atom stereocenters. The molecule has 0 aliphatic heterocycles. The third-order valence-corrected chi connectivity index (χ3v) is 5.34. The minimum atomic E-state index is -0.209. The quantitative estimate of drug-likeness (QED) is 0.442. The fraction of sp³-hybridized carbons (Fsp3) is 0.667. The van der Waals surface area contributed by atoms with E-state index in [1.54, 1.807) is 0 Å². The van der Waals surface area contributed by atoms with Crippen LogP contribution in [0.25, 0.3) is 0 Å². The second-order valence-electron chi connectivity index (χ2n) is 5.93. The molecule has 0 amide bonds. The first kappa shape index (κ1) is 22.0. The van der Waals surface area contributed by atoms with Gasteiger partial charge in [0, 0.05) is 19.8 Å². The Balaban J connectivity index is 3.03. The van der Waals surface area contributed by atoms with Crippen LogP contribution in [0.4, 0.5) is 0 Å². The lowest BCUT2D eigenvalue weighted by Crippen LogP contribution is -2.02. The molecule has 6 heteroatoms. The van der Waals surface area contributed by atoms with Crippen LogP contribution in [-0.4, -0.2) is 35.1 Å². The molecule has 0 fully saturated rings. The molecule has 138 valence electrons. The van der Waals surface area contributed by atoms with Gasteiger partial charge in [0.1, 0.15) is 0 Å². The molecule has 0 heterocycles. The fourth-order valence-electron chi connectivity index (χ4n) is 2.56. The Labute approximate surface area is 159 Å². The third kappa shape index (κ3) is 7.47. The maximum absolute atomic E-state index is 8.99. The Morgan fingerprint density at radius 1 is 0.583 bits per heavy atom. The van der Waals surface area contributed by atoms with Gasteiger partial charge in [-0.05, 0) is 55.2 Å². The summed E-state index contributed by atoms with van der Waals surface area (Å²) in [6.45, 7) is 0.330. The van der Waals surface area contributed by atoms with Crippen LogP contribution in [0, 0.1) is 0 Å². The van der Waals surface area contributed by atoms with E-state index in [0.29, 0.717) is 38.5 Å². The number of benzene rings is 1. The number of rotatable bonds is 12. The minimum absolute atomic E-state index is 0.110. The van der Waals surface area contributed by atoms with Crippen LogP contribution >= 0.6 is 34.8 Å². The molecule has 0 radical (unpaired) electrons. The topological polar surface area (TPSA) is 60.7 Å². The molecular formula is C18H27Cl3O3. The summed E-state index contributed by atoms with van der Waals surface area (Å²) in [6, 6.07) is 5.97. The average molecular weight is 398 g/mol. The van der Waals surface area contributed by atoms with Crippen LogP contribution in [0.2, 0.25) is 0 Å². The van der Waals surface area contributed by atoms with Crippen LogP contribution in [0.5, 0.6) is 0 Å². The first-order chi connectivity index (χ1) is 11.5. The minimum Gasteiger partial charge on any atom is -0.396 e. The van der Waals surface area contributed by atoms with E-state index in [0.717, 1.165) is 16.7 Å². The Morgan fingerprint density at radius 3 is 1.04 bits per heavy atom. The zero-order valence-corrected chi connectivity index (χ0v) is 16.1. The van der Waals surface area contributed by atoms with Crippen molar-refractivity contribution in [2.24, 2.45) is 0 Å². The van der Waals surface area contributed by atoms with Crippen molar-refractivity contribution < 1.29 is 15.3 Å². The summed E-state index contributed by atoms with van der Waals surface area (Å²) in [5.74, 6) is 0. The van der Waals surface area contributed by atoms with Crippen molar-refractivity contribution >= 4 is 34.8 Å². The van der Waals surface area contributed by atoms with E-state index in [1.807, 2.05) is 18.2 Å². The van der Waals surface area contributed by atoms with Gasteiger partial charge in [-0.3, -0.25) is 0 Å². The van der Waals surface area contributed by atoms with Gasteiger partial charge in [-0.1, -0.05) is 18.2 Å². The second kappa shape index (κ2) is 12.3.